The zero-order valence-corrected chi connectivity index (χ0v) is 16.7. The van der Waals surface area contributed by atoms with Gasteiger partial charge in [-0.15, -0.1) is 0 Å². The lowest BCUT2D eigenvalue weighted by Crippen LogP contribution is -2.48. The fourth-order valence-electron chi connectivity index (χ4n) is 3.45. The summed E-state index contributed by atoms with van der Waals surface area (Å²) in [5.74, 6) is -0.188. The van der Waals surface area contributed by atoms with E-state index in [4.69, 9.17) is 4.74 Å². The van der Waals surface area contributed by atoms with Crippen LogP contribution in [0.5, 0.6) is 5.75 Å². The lowest BCUT2D eigenvalue weighted by molar-refractivity contribution is -0.314. The van der Waals surface area contributed by atoms with Crippen LogP contribution in [0.4, 0.5) is 0 Å². The average Bonchev–Trinajstić information content (AvgIpc) is 2.59. The number of hydrogen-bond donors (Lipinski definition) is 0. The van der Waals surface area contributed by atoms with Gasteiger partial charge in [-0.05, 0) is 43.0 Å². The summed E-state index contributed by atoms with van der Waals surface area (Å²) in [6.45, 7) is 14.3. The van der Waals surface area contributed by atoms with Gasteiger partial charge in [-0.1, -0.05) is 32.9 Å². The normalized spacial score (nSPS) is 17.4. The summed E-state index contributed by atoms with van der Waals surface area (Å²) in [4.78, 5) is 16.4. The van der Waals surface area contributed by atoms with Crippen LogP contribution in [0.25, 0.3) is 0 Å². The first-order valence-corrected chi connectivity index (χ1v) is 9.83. The largest absolute Gasteiger partial charge is 0.546 e. The van der Waals surface area contributed by atoms with E-state index in [9.17, 15) is 9.90 Å². The Bertz CT molecular complexity index is 581. The maximum Gasteiger partial charge on any atom is 0.139 e. The van der Waals surface area contributed by atoms with Gasteiger partial charge in [-0.2, -0.15) is 0 Å². The molecule has 0 radical (unpaired) electrons. The van der Waals surface area contributed by atoms with E-state index < -0.39 is 12.1 Å². The van der Waals surface area contributed by atoms with Crippen LogP contribution in [0.2, 0.25) is 0 Å². The third-order valence-electron chi connectivity index (χ3n) is 5.04. The first-order chi connectivity index (χ1) is 12.4. The van der Waals surface area contributed by atoms with Gasteiger partial charge < -0.3 is 24.4 Å². The highest BCUT2D eigenvalue weighted by molar-refractivity contribution is 5.70. The summed E-state index contributed by atoms with van der Waals surface area (Å²) >= 11 is 0. The Balaban J connectivity index is 1.94. The number of carboxylic acid groups (broad SMARTS) is 1. The van der Waals surface area contributed by atoms with Crippen molar-refractivity contribution in [3.8, 4) is 5.75 Å². The van der Waals surface area contributed by atoms with Crippen LogP contribution in [0, 0.1) is 6.92 Å². The molecule has 26 heavy (non-hydrogen) atoms. The standard InChI is InChI=1S/C21H34N2O3/c1-5-9-22-11-13-23(14-12-22)10-8-19(21(24)25)26-20-15-17(4)6-7-18(20)16(2)3/h6-7,15-16,19H,5,8-14H2,1-4H3,(H,24,25)/p-1. The number of ether oxygens (including phenoxy) is 1. The Morgan fingerprint density at radius 1 is 1.15 bits per heavy atom. The first kappa shape index (κ1) is 20.7. The van der Waals surface area contributed by atoms with E-state index in [1.807, 2.05) is 25.1 Å². The van der Waals surface area contributed by atoms with Gasteiger partial charge in [-0.3, -0.25) is 0 Å². The van der Waals surface area contributed by atoms with Crippen LogP contribution in [0.1, 0.15) is 50.7 Å². The van der Waals surface area contributed by atoms with E-state index in [-0.39, 0.29) is 5.92 Å². The van der Waals surface area contributed by atoms with Crippen molar-refractivity contribution in [3.63, 3.8) is 0 Å². The molecule has 146 valence electrons. The molecule has 1 atom stereocenters. The summed E-state index contributed by atoms with van der Waals surface area (Å²) in [5.41, 5.74) is 2.10. The molecule has 1 aliphatic rings. The lowest BCUT2D eigenvalue weighted by Gasteiger charge is -2.35. The molecule has 1 saturated heterocycles. The van der Waals surface area contributed by atoms with Crippen molar-refractivity contribution < 1.29 is 14.6 Å². The minimum Gasteiger partial charge on any atom is -0.546 e. The molecule has 0 aliphatic carbocycles. The summed E-state index contributed by atoms with van der Waals surface area (Å²) in [6.07, 6.45) is 0.708. The van der Waals surface area contributed by atoms with Crippen LogP contribution in [-0.4, -0.2) is 61.1 Å². The number of piperazine rings is 1. The molecule has 5 heteroatoms. The van der Waals surface area contributed by atoms with E-state index in [1.165, 1.54) is 6.42 Å². The van der Waals surface area contributed by atoms with Crippen LogP contribution >= 0.6 is 0 Å². The fourth-order valence-corrected chi connectivity index (χ4v) is 3.45. The van der Waals surface area contributed by atoms with Gasteiger partial charge in [0.1, 0.15) is 11.9 Å². The topological polar surface area (TPSA) is 55.8 Å². The number of aryl methyl sites for hydroxylation is 1. The van der Waals surface area contributed by atoms with Crippen LogP contribution in [0.3, 0.4) is 0 Å². The summed E-state index contributed by atoms with van der Waals surface area (Å²) < 4.78 is 5.90. The van der Waals surface area contributed by atoms with Gasteiger partial charge in [0.05, 0.1) is 5.97 Å². The Morgan fingerprint density at radius 2 is 1.77 bits per heavy atom. The predicted molar refractivity (Wildman–Crippen MR) is 102 cm³/mol. The smallest absolute Gasteiger partial charge is 0.139 e. The van der Waals surface area contributed by atoms with Gasteiger partial charge in [0.2, 0.25) is 0 Å². The molecule has 1 aromatic carbocycles. The van der Waals surface area contributed by atoms with Gasteiger partial charge in [-0.25, -0.2) is 0 Å². The second-order valence-electron chi connectivity index (χ2n) is 7.59. The second kappa shape index (κ2) is 9.93. The minimum absolute atomic E-state index is 0.277. The van der Waals surface area contributed by atoms with E-state index in [2.05, 4.69) is 30.6 Å². The number of carbonyl (C=O) groups excluding carboxylic acids is 1. The second-order valence-corrected chi connectivity index (χ2v) is 7.59. The molecule has 1 aliphatic heterocycles. The quantitative estimate of drug-likeness (QED) is 0.674. The zero-order valence-electron chi connectivity index (χ0n) is 16.7. The van der Waals surface area contributed by atoms with Crippen molar-refractivity contribution in [3.05, 3.63) is 29.3 Å². The highest BCUT2D eigenvalue weighted by Gasteiger charge is 2.20. The molecule has 0 amide bonds. The molecule has 1 fully saturated rings. The Morgan fingerprint density at radius 3 is 2.31 bits per heavy atom. The first-order valence-electron chi connectivity index (χ1n) is 9.83. The number of rotatable bonds is 9. The zero-order chi connectivity index (χ0) is 19.1. The fraction of sp³-hybridized carbons (Fsp3) is 0.667. The van der Waals surface area contributed by atoms with Gasteiger partial charge >= 0.3 is 0 Å². The molecule has 0 N–H and O–H groups in total. The molecule has 2 rings (SSSR count). The van der Waals surface area contributed by atoms with Crippen molar-refractivity contribution in [2.45, 2.75) is 52.6 Å². The molecule has 0 spiro atoms. The maximum absolute atomic E-state index is 11.6. The minimum atomic E-state index is -1.13. The third-order valence-corrected chi connectivity index (χ3v) is 5.04. The Kier molecular flexibility index (Phi) is 7.91. The van der Waals surface area contributed by atoms with Crippen molar-refractivity contribution in [2.24, 2.45) is 0 Å². The van der Waals surface area contributed by atoms with E-state index >= 15 is 0 Å². The van der Waals surface area contributed by atoms with Crippen LogP contribution in [-0.2, 0) is 4.79 Å². The Hall–Kier alpha value is -1.59. The molecular formula is C21H33N2O3-. The number of benzene rings is 1. The number of carboxylic acids is 1. The van der Waals surface area contributed by atoms with Crippen LogP contribution < -0.4 is 9.84 Å². The number of carbonyl (C=O) groups is 1. The number of hydrogen-bond acceptors (Lipinski definition) is 5. The third kappa shape index (κ3) is 5.99. The number of aliphatic carboxylic acids is 1. The van der Waals surface area contributed by atoms with Crippen molar-refractivity contribution in [1.82, 2.24) is 9.80 Å². The lowest BCUT2D eigenvalue weighted by atomic mass is 10.0. The van der Waals surface area contributed by atoms with E-state index in [1.54, 1.807) is 0 Å². The summed E-state index contributed by atoms with van der Waals surface area (Å²) in [7, 11) is 0. The van der Waals surface area contributed by atoms with E-state index in [0.717, 1.165) is 50.4 Å². The summed E-state index contributed by atoms with van der Waals surface area (Å²) in [6, 6.07) is 5.98. The average molecular weight is 362 g/mol. The number of nitrogens with zero attached hydrogens (tertiary/aromatic N) is 2. The molecule has 0 bridgehead atoms. The van der Waals surface area contributed by atoms with Crippen molar-refractivity contribution in [1.29, 1.82) is 0 Å². The van der Waals surface area contributed by atoms with Crippen molar-refractivity contribution in [2.75, 3.05) is 39.3 Å². The van der Waals surface area contributed by atoms with E-state index in [0.29, 0.717) is 12.2 Å². The van der Waals surface area contributed by atoms with Gasteiger partial charge in [0.15, 0.2) is 0 Å². The molecule has 1 heterocycles. The molecule has 0 aromatic heterocycles. The predicted octanol–water partition coefficient (Wildman–Crippen LogP) is 2.03. The van der Waals surface area contributed by atoms with Gasteiger partial charge in [0, 0.05) is 39.1 Å². The van der Waals surface area contributed by atoms with Gasteiger partial charge in [0.25, 0.3) is 0 Å². The molecule has 1 unspecified atom stereocenters. The highest BCUT2D eigenvalue weighted by Crippen LogP contribution is 2.28. The molecule has 1 aromatic rings. The molecule has 5 nitrogen and oxygen atoms in total. The van der Waals surface area contributed by atoms with Crippen molar-refractivity contribution >= 4 is 5.97 Å². The summed E-state index contributed by atoms with van der Waals surface area (Å²) in [5, 5.41) is 11.6. The van der Waals surface area contributed by atoms with Crippen LogP contribution in [0.15, 0.2) is 18.2 Å². The SMILES string of the molecule is CCCN1CCN(CCC(Oc2cc(C)ccc2C(C)C)C(=O)[O-])CC1. The monoisotopic (exact) mass is 361 g/mol. The maximum atomic E-state index is 11.6. The molecule has 0 saturated carbocycles. The highest BCUT2D eigenvalue weighted by atomic mass is 16.5. The Labute approximate surface area is 157 Å². The molecular weight excluding hydrogens is 328 g/mol.